The van der Waals surface area contributed by atoms with Gasteiger partial charge in [-0.25, -0.2) is 0 Å². The second-order valence-electron chi connectivity index (χ2n) is 3.42. The van der Waals surface area contributed by atoms with Gasteiger partial charge in [-0.15, -0.1) is 0 Å². The van der Waals surface area contributed by atoms with Crippen molar-refractivity contribution in [1.29, 1.82) is 0 Å². The molecule has 0 aliphatic carbocycles. The molecule has 0 unspecified atom stereocenters. The fraction of sp³-hybridized carbons (Fsp3) is 0.273. The molecule has 5 heteroatoms. The van der Waals surface area contributed by atoms with Crippen LogP contribution in [0.5, 0.6) is 0 Å². The molecule has 86 valence electrons. The molecule has 0 atom stereocenters. The minimum absolute atomic E-state index is 0.322. The lowest BCUT2D eigenvalue weighted by molar-refractivity contribution is 0.546. The SMILES string of the molecule is CCc1c(CN)oc2c(Cl)cc(Cl)c(Cl)c12. The molecule has 2 aromatic rings. The fourth-order valence-electron chi connectivity index (χ4n) is 1.81. The second-order valence-corrected chi connectivity index (χ2v) is 4.61. The van der Waals surface area contributed by atoms with E-state index in [0.717, 1.165) is 17.4 Å². The smallest absolute Gasteiger partial charge is 0.154 e. The molecule has 0 saturated heterocycles. The van der Waals surface area contributed by atoms with E-state index in [4.69, 9.17) is 45.0 Å². The van der Waals surface area contributed by atoms with Gasteiger partial charge in [-0.3, -0.25) is 0 Å². The highest BCUT2D eigenvalue weighted by Gasteiger charge is 2.19. The molecule has 0 spiro atoms. The van der Waals surface area contributed by atoms with Crippen LogP contribution in [-0.4, -0.2) is 0 Å². The van der Waals surface area contributed by atoms with Gasteiger partial charge in [0.15, 0.2) is 5.58 Å². The molecule has 0 aliphatic heterocycles. The van der Waals surface area contributed by atoms with Gasteiger partial charge in [0.25, 0.3) is 0 Å². The number of benzene rings is 1. The molecule has 0 saturated carbocycles. The lowest BCUT2D eigenvalue weighted by Gasteiger charge is -2.01. The van der Waals surface area contributed by atoms with E-state index >= 15 is 0 Å². The van der Waals surface area contributed by atoms with E-state index in [9.17, 15) is 0 Å². The Balaban J connectivity index is 2.92. The number of fused-ring (bicyclic) bond motifs is 1. The monoisotopic (exact) mass is 277 g/mol. The maximum absolute atomic E-state index is 6.16. The molecular formula is C11H10Cl3NO. The van der Waals surface area contributed by atoms with E-state index < -0.39 is 0 Å². The van der Waals surface area contributed by atoms with Crippen LogP contribution in [0.4, 0.5) is 0 Å². The number of rotatable bonds is 2. The van der Waals surface area contributed by atoms with Gasteiger partial charge in [-0.2, -0.15) is 0 Å². The van der Waals surface area contributed by atoms with Gasteiger partial charge in [-0.05, 0) is 12.5 Å². The van der Waals surface area contributed by atoms with Crippen LogP contribution in [0.1, 0.15) is 18.2 Å². The van der Waals surface area contributed by atoms with Crippen molar-refractivity contribution in [3.05, 3.63) is 32.5 Å². The first-order chi connectivity index (χ1) is 7.60. The summed E-state index contributed by atoms with van der Waals surface area (Å²) < 4.78 is 5.61. The van der Waals surface area contributed by atoms with Gasteiger partial charge in [0.2, 0.25) is 0 Å². The summed E-state index contributed by atoms with van der Waals surface area (Å²) in [5.74, 6) is 0.712. The Morgan fingerprint density at radius 2 is 1.94 bits per heavy atom. The second kappa shape index (κ2) is 4.46. The van der Waals surface area contributed by atoms with Crippen molar-refractivity contribution in [2.45, 2.75) is 19.9 Å². The average molecular weight is 279 g/mol. The first-order valence-electron chi connectivity index (χ1n) is 4.88. The van der Waals surface area contributed by atoms with E-state index in [2.05, 4.69) is 0 Å². The predicted octanol–water partition coefficient (Wildman–Crippen LogP) is 4.41. The normalized spacial score (nSPS) is 11.3. The van der Waals surface area contributed by atoms with Crippen LogP contribution in [0.3, 0.4) is 0 Å². The minimum Gasteiger partial charge on any atom is -0.458 e. The van der Waals surface area contributed by atoms with Crippen LogP contribution >= 0.6 is 34.8 Å². The quantitative estimate of drug-likeness (QED) is 0.826. The van der Waals surface area contributed by atoms with Gasteiger partial charge >= 0.3 is 0 Å². The lowest BCUT2D eigenvalue weighted by atomic mass is 10.1. The highest BCUT2D eigenvalue weighted by Crippen LogP contribution is 2.40. The van der Waals surface area contributed by atoms with Crippen molar-refractivity contribution in [3.63, 3.8) is 0 Å². The number of hydrogen-bond acceptors (Lipinski definition) is 2. The Kier molecular flexibility index (Phi) is 3.36. The molecule has 0 fully saturated rings. The van der Waals surface area contributed by atoms with Gasteiger partial charge in [0.1, 0.15) is 5.76 Å². The molecule has 0 amide bonds. The lowest BCUT2D eigenvalue weighted by Crippen LogP contribution is -1.97. The molecule has 0 bridgehead atoms. The first-order valence-corrected chi connectivity index (χ1v) is 6.01. The van der Waals surface area contributed by atoms with E-state index in [-0.39, 0.29) is 0 Å². The zero-order valence-corrected chi connectivity index (χ0v) is 10.9. The largest absolute Gasteiger partial charge is 0.458 e. The third kappa shape index (κ3) is 1.70. The number of hydrogen-bond donors (Lipinski definition) is 1. The summed E-state index contributed by atoms with van der Waals surface area (Å²) in [5, 5.41) is 2.14. The van der Waals surface area contributed by atoms with E-state index in [1.165, 1.54) is 0 Å². The summed E-state index contributed by atoms with van der Waals surface area (Å²) in [6.07, 6.45) is 0.774. The Bertz CT molecular complexity index is 548. The summed E-state index contributed by atoms with van der Waals surface area (Å²) in [4.78, 5) is 0. The number of nitrogens with two attached hydrogens (primary N) is 1. The Hall–Kier alpha value is -0.410. The van der Waals surface area contributed by atoms with E-state index in [1.807, 2.05) is 6.92 Å². The van der Waals surface area contributed by atoms with Crippen LogP contribution in [0.15, 0.2) is 10.5 Å². The molecule has 1 heterocycles. The summed E-state index contributed by atoms with van der Waals surface area (Å²) >= 11 is 18.2. The Morgan fingerprint density at radius 3 is 2.50 bits per heavy atom. The zero-order chi connectivity index (χ0) is 11.9. The fourth-order valence-corrected chi connectivity index (χ4v) is 2.57. The van der Waals surface area contributed by atoms with Crippen LogP contribution in [0.25, 0.3) is 11.0 Å². The molecule has 2 nitrogen and oxygen atoms in total. The number of aryl methyl sites for hydroxylation is 1. The van der Waals surface area contributed by atoms with Gasteiger partial charge < -0.3 is 10.2 Å². The van der Waals surface area contributed by atoms with Crippen LogP contribution in [0, 0.1) is 0 Å². The molecule has 1 aromatic carbocycles. The van der Waals surface area contributed by atoms with Crippen molar-refractivity contribution in [3.8, 4) is 0 Å². The zero-order valence-electron chi connectivity index (χ0n) is 8.61. The van der Waals surface area contributed by atoms with Crippen LogP contribution in [0.2, 0.25) is 15.1 Å². The highest BCUT2D eigenvalue weighted by molar-refractivity contribution is 6.47. The predicted molar refractivity (Wildman–Crippen MR) is 68.5 cm³/mol. The average Bonchev–Trinajstić information content (AvgIpc) is 2.64. The van der Waals surface area contributed by atoms with Crippen LogP contribution < -0.4 is 5.73 Å². The first kappa shape index (κ1) is 12.1. The van der Waals surface area contributed by atoms with Gasteiger partial charge in [0.05, 0.1) is 21.6 Å². The van der Waals surface area contributed by atoms with Crippen LogP contribution in [-0.2, 0) is 13.0 Å². The number of halogens is 3. The van der Waals surface area contributed by atoms with Crippen molar-refractivity contribution >= 4 is 45.8 Å². The van der Waals surface area contributed by atoms with E-state index in [1.54, 1.807) is 6.07 Å². The van der Waals surface area contributed by atoms with E-state index in [0.29, 0.717) is 33.0 Å². The third-order valence-corrected chi connectivity index (χ3v) is 3.60. The molecule has 2 N–H and O–H groups in total. The molecular weight excluding hydrogens is 268 g/mol. The van der Waals surface area contributed by atoms with Crippen molar-refractivity contribution in [2.24, 2.45) is 5.73 Å². The Labute approximate surface area is 108 Å². The molecule has 0 aliphatic rings. The maximum Gasteiger partial charge on any atom is 0.154 e. The van der Waals surface area contributed by atoms with Crippen molar-refractivity contribution in [1.82, 2.24) is 0 Å². The van der Waals surface area contributed by atoms with Gasteiger partial charge in [0, 0.05) is 10.9 Å². The standard InChI is InChI=1S/C11H10Cl3NO/c1-2-5-8(4-15)16-11-7(13)3-6(12)10(14)9(5)11/h3H,2,4,15H2,1H3. The molecule has 16 heavy (non-hydrogen) atoms. The highest BCUT2D eigenvalue weighted by atomic mass is 35.5. The number of furan rings is 1. The minimum atomic E-state index is 0.322. The van der Waals surface area contributed by atoms with Gasteiger partial charge in [-0.1, -0.05) is 41.7 Å². The van der Waals surface area contributed by atoms with Crippen molar-refractivity contribution < 1.29 is 4.42 Å². The molecule has 0 radical (unpaired) electrons. The molecule has 1 aromatic heterocycles. The summed E-state index contributed by atoms with van der Waals surface area (Å²) in [7, 11) is 0. The maximum atomic E-state index is 6.16. The summed E-state index contributed by atoms with van der Waals surface area (Å²) in [5.41, 5.74) is 7.16. The summed E-state index contributed by atoms with van der Waals surface area (Å²) in [6, 6.07) is 1.58. The molecule has 2 rings (SSSR count). The topological polar surface area (TPSA) is 39.2 Å². The summed E-state index contributed by atoms with van der Waals surface area (Å²) in [6.45, 7) is 2.33. The third-order valence-electron chi connectivity index (χ3n) is 2.53. The Morgan fingerprint density at radius 1 is 1.25 bits per heavy atom. The van der Waals surface area contributed by atoms with Crippen molar-refractivity contribution in [2.75, 3.05) is 0 Å².